The van der Waals surface area contributed by atoms with Crippen molar-refractivity contribution in [2.75, 3.05) is 5.32 Å². The van der Waals surface area contributed by atoms with Gasteiger partial charge in [-0.25, -0.2) is 0 Å². The minimum absolute atomic E-state index is 0.114. The second-order valence-electron chi connectivity index (χ2n) is 3.47. The van der Waals surface area contributed by atoms with E-state index in [1.807, 2.05) is 19.1 Å². The molecular weight excluding hydrogens is 206 g/mol. The summed E-state index contributed by atoms with van der Waals surface area (Å²) in [6.07, 6.45) is 0. The summed E-state index contributed by atoms with van der Waals surface area (Å²) in [5.74, 6) is 0.225. The van der Waals surface area contributed by atoms with Gasteiger partial charge in [0.1, 0.15) is 0 Å². The molecule has 0 fully saturated rings. The number of carbonyl (C=O) groups is 1. The molecule has 1 heterocycles. The van der Waals surface area contributed by atoms with Crippen LogP contribution in [-0.2, 0) is 0 Å². The zero-order valence-corrected chi connectivity index (χ0v) is 9.02. The number of nitrogens with zero attached hydrogens (tertiary/aromatic N) is 2. The molecular formula is C11H11N3O2. The van der Waals surface area contributed by atoms with Crippen LogP contribution in [0.3, 0.4) is 0 Å². The second kappa shape index (κ2) is 4.14. The maximum absolute atomic E-state index is 11.7. The van der Waals surface area contributed by atoms with Gasteiger partial charge < -0.3 is 4.52 Å². The lowest BCUT2D eigenvalue weighted by molar-refractivity contribution is 0.102. The first-order valence-corrected chi connectivity index (χ1v) is 4.83. The lowest BCUT2D eigenvalue weighted by Crippen LogP contribution is -2.11. The van der Waals surface area contributed by atoms with Crippen molar-refractivity contribution >= 4 is 11.9 Å². The molecule has 0 radical (unpaired) electrons. The Morgan fingerprint density at radius 1 is 1.25 bits per heavy atom. The van der Waals surface area contributed by atoms with E-state index in [1.165, 1.54) is 0 Å². The number of benzene rings is 1. The number of aryl methyl sites for hydroxylation is 2. The van der Waals surface area contributed by atoms with E-state index in [0.29, 0.717) is 11.4 Å². The van der Waals surface area contributed by atoms with Crippen molar-refractivity contribution in [2.45, 2.75) is 13.8 Å². The number of anilines is 1. The summed E-state index contributed by atoms with van der Waals surface area (Å²) in [4.78, 5) is 15.6. The Hall–Kier alpha value is -2.17. The molecule has 1 aromatic carbocycles. The van der Waals surface area contributed by atoms with E-state index in [9.17, 15) is 4.79 Å². The van der Waals surface area contributed by atoms with Crippen LogP contribution in [0, 0.1) is 13.8 Å². The molecule has 1 amide bonds. The zero-order valence-electron chi connectivity index (χ0n) is 9.02. The van der Waals surface area contributed by atoms with Crippen LogP contribution in [0.25, 0.3) is 0 Å². The Balaban J connectivity index is 2.11. The molecule has 0 aliphatic rings. The maximum atomic E-state index is 11.7. The van der Waals surface area contributed by atoms with E-state index in [1.54, 1.807) is 19.1 Å². The van der Waals surface area contributed by atoms with Crippen LogP contribution >= 0.6 is 0 Å². The van der Waals surface area contributed by atoms with Gasteiger partial charge >= 0.3 is 6.01 Å². The van der Waals surface area contributed by atoms with Gasteiger partial charge in [-0.15, -0.1) is 0 Å². The van der Waals surface area contributed by atoms with Crippen LogP contribution in [0.4, 0.5) is 6.01 Å². The first kappa shape index (κ1) is 10.4. The smallest absolute Gasteiger partial charge is 0.315 e. The number of hydrogen-bond acceptors (Lipinski definition) is 4. The maximum Gasteiger partial charge on any atom is 0.328 e. The number of carbonyl (C=O) groups excluding carboxylic acids is 1. The monoisotopic (exact) mass is 217 g/mol. The van der Waals surface area contributed by atoms with E-state index >= 15 is 0 Å². The molecule has 2 rings (SSSR count). The fraction of sp³-hybridized carbons (Fsp3) is 0.182. The fourth-order valence-corrected chi connectivity index (χ4v) is 1.22. The van der Waals surface area contributed by atoms with E-state index in [0.717, 1.165) is 5.56 Å². The largest absolute Gasteiger partial charge is 0.328 e. The summed E-state index contributed by atoms with van der Waals surface area (Å²) in [5, 5.41) is 6.10. The van der Waals surface area contributed by atoms with Crippen LogP contribution in [0.2, 0.25) is 0 Å². The number of hydrogen-bond donors (Lipinski definition) is 1. The van der Waals surface area contributed by atoms with Crippen molar-refractivity contribution in [3.8, 4) is 0 Å². The molecule has 1 aromatic heterocycles. The molecule has 82 valence electrons. The molecule has 16 heavy (non-hydrogen) atoms. The fourth-order valence-electron chi connectivity index (χ4n) is 1.22. The SMILES string of the molecule is Cc1ccc(C(=O)Nc2nc(C)no2)cc1. The molecule has 0 atom stereocenters. The lowest BCUT2D eigenvalue weighted by atomic mass is 10.1. The molecule has 0 unspecified atom stereocenters. The Kier molecular flexibility index (Phi) is 2.68. The third-order valence-electron chi connectivity index (χ3n) is 2.06. The van der Waals surface area contributed by atoms with Gasteiger partial charge in [-0.1, -0.05) is 22.9 Å². The number of rotatable bonds is 2. The van der Waals surface area contributed by atoms with Crippen molar-refractivity contribution in [2.24, 2.45) is 0 Å². The third kappa shape index (κ3) is 2.25. The summed E-state index contributed by atoms with van der Waals surface area (Å²) in [5.41, 5.74) is 1.66. The quantitative estimate of drug-likeness (QED) is 0.834. The predicted molar refractivity (Wildman–Crippen MR) is 58.2 cm³/mol. The minimum Gasteiger partial charge on any atom is -0.315 e. The average Bonchev–Trinajstić information content (AvgIpc) is 2.65. The topological polar surface area (TPSA) is 68.0 Å². The van der Waals surface area contributed by atoms with Gasteiger partial charge in [-0.3, -0.25) is 10.1 Å². The van der Waals surface area contributed by atoms with Crippen molar-refractivity contribution in [1.82, 2.24) is 10.1 Å². The average molecular weight is 217 g/mol. The lowest BCUT2D eigenvalue weighted by Gasteiger charge is -2.00. The van der Waals surface area contributed by atoms with Gasteiger partial charge in [0.15, 0.2) is 5.82 Å². The standard InChI is InChI=1S/C11H11N3O2/c1-7-3-5-9(6-4-7)10(15)13-11-12-8(2)14-16-11/h3-6H,1-2H3,(H,12,13,14,15). The number of aromatic nitrogens is 2. The van der Waals surface area contributed by atoms with Crippen LogP contribution in [0.1, 0.15) is 21.7 Å². The number of amides is 1. The highest BCUT2D eigenvalue weighted by atomic mass is 16.5. The predicted octanol–water partition coefficient (Wildman–Crippen LogP) is 1.94. The molecule has 0 aliphatic carbocycles. The molecule has 1 N–H and O–H groups in total. The van der Waals surface area contributed by atoms with Crippen molar-refractivity contribution in [3.63, 3.8) is 0 Å². The second-order valence-corrected chi connectivity index (χ2v) is 3.47. The molecule has 2 aromatic rings. The van der Waals surface area contributed by atoms with Gasteiger partial charge in [0.25, 0.3) is 5.91 Å². The van der Waals surface area contributed by atoms with Gasteiger partial charge in [0.05, 0.1) is 0 Å². The molecule has 0 saturated heterocycles. The molecule has 0 saturated carbocycles. The van der Waals surface area contributed by atoms with Crippen molar-refractivity contribution in [3.05, 3.63) is 41.2 Å². The normalized spacial score (nSPS) is 10.1. The van der Waals surface area contributed by atoms with Crippen molar-refractivity contribution in [1.29, 1.82) is 0 Å². The summed E-state index contributed by atoms with van der Waals surface area (Å²) in [6, 6.07) is 7.34. The van der Waals surface area contributed by atoms with E-state index in [4.69, 9.17) is 4.52 Å². The molecule has 0 bridgehead atoms. The molecule has 0 aliphatic heterocycles. The van der Waals surface area contributed by atoms with Crippen LogP contribution < -0.4 is 5.32 Å². The van der Waals surface area contributed by atoms with Gasteiger partial charge in [-0.2, -0.15) is 4.98 Å². The Labute approximate surface area is 92.5 Å². The first-order valence-electron chi connectivity index (χ1n) is 4.83. The molecule has 0 spiro atoms. The van der Waals surface area contributed by atoms with E-state index < -0.39 is 0 Å². The Morgan fingerprint density at radius 3 is 2.50 bits per heavy atom. The third-order valence-corrected chi connectivity index (χ3v) is 2.06. The number of nitrogens with one attached hydrogen (secondary N) is 1. The Morgan fingerprint density at radius 2 is 1.94 bits per heavy atom. The summed E-state index contributed by atoms with van der Waals surface area (Å²) >= 11 is 0. The van der Waals surface area contributed by atoms with E-state index in [2.05, 4.69) is 15.5 Å². The highest BCUT2D eigenvalue weighted by Crippen LogP contribution is 2.07. The summed E-state index contributed by atoms with van der Waals surface area (Å²) < 4.78 is 4.79. The zero-order chi connectivity index (χ0) is 11.5. The van der Waals surface area contributed by atoms with Crippen LogP contribution in [0.15, 0.2) is 28.8 Å². The highest BCUT2D eigenvalue weighted by molar-refractivity contribution is 6.03. The molecule has 5 heteroatoms. The summed E-state index contributed by atoms with van der Waals surface area (Å²) in [6.45, 7) is 3.65. The first-order chi connectivity index (χ1) is 7.65. The highest BCUT2D eigenvalue weighted by Gasteiger charge is 2.09. The van der Waals surface area contributed by atoms with Gasteiger partial charge in [0, 0.05) is 5.56 Å². The van der Waals surface area contributed by atoms with Gasteiger partial charge in [-0.05, 0) is 26.0 Å². The minimum atomic E-state index is -0.261. The van der Waals surface area contributed by atoms with Crippen LogP contribution in [-0.4, -0.2) is 16.0 Å². The van der Waals surface area contributed by atoms with Gasteiger partial charge in [0.2, 0.25) is 0 Å². The van der Waals surface area contributed by atoms with E-state index in [-0.39, 0.29) is 11.9 Å². The van der Waals surface area contributed by atoms with Crippen molar-refractivity contribution < 1.29 is 9.32 Å². The molecule has 5 nitrogen and oxygen atoms in total. The van der Waals surface area contributed by atoms with Crippen LogP contribution in [0.5, 0.6) is 0 Å². The summed E-state index contributed by atoms with van der Waals surface area (Å²) in [7, 11) is 0. The Bertz CT molecular complexity index is 502.